The molecule has 0 amide bonds. The van der Waals surface area contributed by atoms with Crippen LogP contribution in [0.15, 0.2) is 0 Å². The lowest BCUT2D eigenvalue weighted by atomic mass is 9.64. The molecule has 1 aliphatic carbocycles. The lowest BCUT2D eigenvalue weighted by Gasteiger charge is -2.52. The second-order valence-corrected chi connectivity index (χ2v) is 5.98. The molecule has 1 rings (SSSR count). The van der Waals surface area contributed by atoms with Gasteiger partial charge in [-0.15, -0.1) is 0 Å². The van der Waals surface area contributed by atoms with E-state index in [1.807, 2.05) is 6.92 Å². The van der Waals surface area contributed by atoms with Gasteiger partial charge in [-0.1, -0.05) is 27.7 Å². The van der Waals surface area contributed by atoms with Crippen molar-refractivity contribution < 1.29 is 9.47 Å². The van der Waals surface area contributed by atoms with E-state index in [0.29, 0.717) is 18.1 Å². The minimum Gasteiger partial charge on any atom is -0.380 e. The van der Waals surface area contributed by atoms with Crippen molar-refractivity contribution in [1.82, 2.24) is 5.32 Å². The summed E-state index contributed by atoms with van der Waals surface area (Å²) < 4.78 is 11.3. The molecule has 0 aromatic heterocycles. The Morgan fingerprint density at radius 3 is 2.59 bits per heavy atom. The maximum Gasteiger partial charge on any atom is 0.0656 e. The van der Waals surface area contributed by atoms with E-state index >= 15 is 0 Å². The van der Waals surface area contributed by atoms with Crippen LogP contribution in [0.2, 0.25) is 0 Å². The van der Waals surface area contributed by atoms with Gasteiger partial charge in [-0.3, -0.25) is 0 Å². The fourth-order valence-corrected chi connectivity index (χ4v) is 2.27. The van der Waals surface area contributed by atoms with Gasteiger partial charge in [-0.2, -0.15) is 0 Å². The summed E-state index contributed by atoms with van der Waals surface area (Å²) in [7, 11) is 0. The Morgan fingerprint density at radius 2 is 2.06 bits per heavy atom. The molecule has 0 saturated heterocycles. The molecule has 0 bridgehead atoms. The van der Waals surface area contributed by atoms with Gasteiger partial charge in [0.1, 0.15) is 0 Å². The molecule has 0 radical (unpaired) electrons. The van der Waals surface area contributed by atoms with E-state index in [4.69, 9.17) is 9.47 Å². The van der Waals surface area contributed by atoms with Crippen LogP contribution < -0.4 is 5.32 Å². The first-order chi connectivity index (χ1) is 7.98. The first-order valence-corrected chi connectivity index (χ1v) is 6.91. The summed E-state index contributed by atoms with van der Waals surface area (Å²) >= 11 is 0. The summed E-state index contributed by atoms with van der Waals surface area (Å²) in [5.41, 5.74) is 0.251. The molecule has 1 saturated carbocycles. The highest BCUT2D eigenvalue weighted by Gasteiger charge is 2.48. The smallest absolute Gasteiger partial charge is 0.0656 e. The van der Waals surface area contributed by atoms with Gasteiger partial charge in [0.25, 0.3) is 0 Å². The third kappa shape index (κ3) is 4.23. The predicted molar refractivity (Wildman–Crippen MR) is 71.3 cm³/mol. The van der Waals surface area contributed by atoms with E-state index in [9.17, 15) is 0 Å². The van der Waals surface area contributed by atoms with E-state index < -0.39 is 0 Å². The van der Waals surface area contributed by atoms with Crippen molar-refractivity contribution in [2.24, 2.45) is 11.3 Å². The predicted octanol–water partition coefficient (Wildman–Crippen LogP) is 2.45. The number of ether oxygens (including phenoxy) is 2. The molecule has 1 aliphatic rings. The Labute approximate surface area is 106 Å². The van der Waals surface area contributed by atoms with Gasteiger partial charge in [0.2, 0.25) is 0 Å². The van der Waals surface area contributed by atoms with Gasteiger partial charge >= 0.3 is 0 Å². The zero-order chi connectivity index (χ0) is 12.9. The molecule has 1 N–H and O–H groups in total. The van der Waals surface area contributed by atoms with Crippen molar-refractivity contribution >= 4 is 0 Å². The Bertz CT molecular complexity index is 216. The van der Waals surface area contributed by atoms with Crippen LogP contribution in [0.25, 0.3) is 0 Å². The Balaban J connectivity index is 2.19. The molecule has 0 aromatic carbocycles. The van der Waals surface area contributed by atoms with Gasteiger partial charge in [-0.25, -0.2) is 0 Å². The van der Waals surface area contributed by atoms with Gasteiger partial charge in [0.15, 0.2) is 0 Å². The molecule has 3 heteroatoms. The monoisotopic (exact) mass is 243 g/mol. The maximum atomic E-state index is 5.94. The van der Waals surface area contributed by atoms with Gasteiger partial charge in [-0.05, 0) is 19.3 Å². The van der Waals surface area contributed by atoms with Crippen LogP contribution in [0.5, 0.6) is 0 Å². The molecule has 17 heavy (non-hydrogen) atoms. The van der Waals surface area contributed by atoms with Crippen LogP contribution in [0.4, 0.5) is 0 Å². The lowest BCUT2D eigenvalue weighted by molar-refractivity contribution is -0.124. The summed E-state index contributed by atoms with van der Waals surface area (Å²) in [6, 6.07) is 0.570. The van der Waals surface area contributed by atoms with Crippen molar-refractivity contribution in [2.45, 2.75) is 53.2 Å². The number of hydrogen-bond donors (Lipinski definition) is 1. The lowest BCUT2D eigenvalue weighted by Crippen LogP contribution is -2.61. The quantitative estimate of drug-likeness (QED) is 0.664. The summed E-state index contributed by atoms with van der Waals surface area (Å²) in [5, 5.41) is 3.56. The highest BCUT2D eigenvalue weighted by molar-refractivity contribution is 5.02. The van der Waals surface area contributed by atoms with Crippen LogP contribution >= 0.6 is 0 Å². The highest BCUT2D eigenvalue weighted by atomic mass is 16.5. The third-order valence-electron chi connectivity index (χ3n) is 3.65. The second-order valence-electron chi connectivity index (χ2n) is 5.98. The Hall–Kier alpha value is -0.120. The summed E-state index contributed by atoms with van der Waals surface area (Å²) in [6.45, 7) is 14.4. The van der Waals surface area contributed by atoms with E-state index in [0.717, 1.165) is 32.8 Å². The molecule has 2 atom stereocenters. The van der Waals surface area contributed by atoms with Crippen molar-refractivity contribution in [3.63, 3.8) is 0 Å². The van der Waals surface area contributed by atoms with Crippen LogP contribution in [0, 0.1) is 11.3 Å². The highest BCUT2D eigenvalue weighted by Crippen LogP contribution is 2.42. The zero-order valence-corrected chi connectivity index (χ0v) is 12.1. The van der Waals surface area contributed by atoms with Crippen LogP contribution in [-0.4, -0.2) is 38.5 Å². The molecule has 3 nitrogen and oxygen atoms in total. The molecule has 102 valence electrons. The summed E-state index contributed by atoms with van der Waals surface area (Å²) in [6.07, 6.45) is 1.54. The number of nitrogens with one attached hydrogen (secondary N) is 1. The van der Waals surface area contributed by atoms with Crippen LogP contribution in [-0.2, 0) is 9.47 Å². The van der Waals surface area contributed by atoms with Crippen molar-refractivity contribution in [3.05, 3.63) is 0 Å². The SMILES string of the molecule is CCOCCNC1CC(OCC(C)C)C1(C)C. The van der Waals surface area contributed by atoms with E-state index in [1.54, 1.807) is 0 Å². The normalized spacial score (nSPS) is 27.2. The minimum atomic E-state index is 0.251. The minimum absolute atomic E-state index is 0.251. The molecule has 0 spiro atoms. The standard InChI is InChI=1S/C14H29NO2/c1-6-16-8-7-15-12-9-13(14(12,4)5)17-10-11(2)3/h11-13,15H,6-10H2,1-5H3. The summed E-state index contributed by atoms with van der Waals surface area (Å²) in [4.78, 5) is 0. The largest absolute Gasteiger partial charge is 0.380 e. The fraction of sp³-hybridized carbons (Fsp3) is 1.00. The van der Waals surface area contributed by atoms with Crippen molar-refractivity contribution in [3.8, 4) is 0 Å². The molecular formula is C14H29NO2. The first kappa shape index (κ1) is 14.9. The molecule has 0 heterocycles. The van der Waals surface area contributed by atoms with E-state index in [1.165, 1.54) is 0 Å². The average molecular weight is 243 g/mol. The van der Waals surface area contributed by atoms with E-state index in [-0.39, 0.29) is 5.41 Å². The van der Waals surface area contributed by atoms with E-state index in [2.05, 4.69) is 33.0 Å². The van der Waals surface area contributed by atoms with Crippen LogP contribution in [0.3, 0.4) is 0 Å². The van der Waals surface area contributed by atoms with Gasteiger partial charge < -0.3 is 14.8 Å². The molecular weight excluding hydrogens is 214 g/mol. The summed E-state index contributed by atoms with van der Waals surface area (Å²) in [5.74, 6) is 0.621. The number of hydrogen-bond acceptors (Lipinski definition) is 3. The van der Waals surface area contributed by atoms with Crippen molar-refractivity contribution in [1.29, 1.82) is 0 Å². The molecule has 0 aliphatic heterocycles. The molecule has 1 fully saturated rings. The Kier molecular flexibility index (Phi) is 5.90. The third-order valence-corrected chi connectivity index (χ3v) is 3.65. The fourth-order valence-electron chi connectivity index (χ4n) is 2.27. The molecule has 2 unspecified atom stereocenters. The average Bonchev–Trinajstić information content (AvgIpc) is 2.25. The van der Waals surface area contributed by atoms with Crippen LogP contribution in [0.1, 0.15) is 41.0 Å². The Morgan fingerprint density at radius 1 is 1.35 bits per heavy atom. The zero-order valence-electron chi connectivity index (χ0n) is 12.1. The number of rotatable bonds is 8. The molecule has 0 aromatic rings. The van der Waals surface area contributed by atoms with Gasteiger partial charge in [0, 0.05) is 31.2 Å². The maximum absolute atomic E-state index is 5.94. The first-order valence-electron chi connectivity index (χ1n) is 6.91. The second kappa shape index (κ2) is 6.72. The topological polar surface area (TPSA) is 30.5 Å². The van der Waals surface area contributed by atoms with Gasteiger partial charge in [0.05, 0.1) is 12.7 Å². The van der Waals surface area contributed by atoms with Crippen molar-refractivity contribution in [2.75, 3.05) is 26.4 Å².